The summed E-state index contributed by atoms with van der Waals surface area (Å²) in [5.74, 6) is -0.461. The second-order valence-electron chi connectivity index (χ2n) is 7.11. The van der Waals surface area contributed by atoms with E-state index >= 15 is 0 Å². The molecule has 10 heteroatoms. The zero-order chi connectivity index (χ0) is 22.2. The number of nitrogens with zero attached hydrogens (tertiary/aromatic N) is 4. The first kappa shape index (κ1) is 20.9. The molecule has 1 fully saturated rings. The molecule has 1 aromatic carbocycles. The number of benzene rings is 1. The quantitative estimate of drug-likeness (QED) is 0.626. The van der Waals surface area contributed by atoms with Crippen LogP contribution in [0.15, 0.2) is 48.7 Å². The molecule has 1 aliphatic heterocycles. The van der Waals surface area contributed by atoms with Gasteiger partial charge in [0.2, 0.25) is 5.91 Å². The number of aliphatic hydroxyl groups excluding tert-OH is 1. The summed E-state index contributed by atoms with van der Waals surface area (Å²) in [6, 6.07) is 7.00. The van der Waals surface area contributed by atoms with Gasteiger partial charge in [0.05, 0.1) is 18.0 Å². The van der Waals surface area contributed by atoms with Crippen LogP contribution < -0.4 is 4.74 Å². The van der Waals surface area contributed by atoms with Gasteiger partial charge in [0.1, 0.15) is 5.75 Å². The summed E-state index contributed by atoms with van der Waals surface area (Å²) < 4.78 is 42.7. The number of alkyl halides is 3. The van der Waals surface area contributed by atoms with E-state index in [2.05, 4.69) is 14.8 Å². The number of carbonyl (C=O) groups is 1. The SMILES string of the molecule is C/C=C/C(=O)N1CC(c2nn(-c3ccc(OC(F)(F)F)cc3)c3nccc(CO)c23)C1. The Labute approximate surface area is 175 Å². The number of hydrogen-bond acceptors (Lipinski definition) is 5. The Bertz CT molecular complexity index is 1130. The first-order valence-corrected chi connectivity index (χ1v) is 9.56. The molecule has 0 spiro atoms. The number of allylic oxidation sites excluding steroid dienone is 1. The number of likely N-dealkylation sites (tertiary alicyclic amines) is 1. The fraction of sp³-hybridized carbons (Fsp3) is 0.286. The Morgan fingerprint density at radius 1 is 1.26 bits per heavy atom. The highest BCUT2D eigenvalue weighted by Gasteiger charge is 2.35. The summed E-state index contributed by atoms with van der Waals surface area (Å²) in [6.45, 7) is 2.51. The third-order valence-electron chi connectivity index (χ3n) is 5.06. The van der Waals surface area contributed by atoms with E-state index in [9.17, 15) is 23.1 Å². The van der Waals surface area contributed by atoms with E-state index in [4.69, 9.17) is 0 Å². The van der Waals surface area contributed by atoms with Gasteiger partial charge in [-0.1, -0.05) is 6.08 Å². The number of carbonyl (C=O) groups excluding carboxylic acids is 1. The van der Waals surface area contributed by atoms with E-state index in [-0.39, 0.29) is 24.2 Å². The van der Waals surface area contributed by atoms with Crippen LogP contribution in [0.1, 0.15) is 24.1 Å². The van der Waals surface area contributed by atoms with Crippen LogP contribution in [0, 0.1) is 0 Å². The number of ether oxygens (including phenoxy) is 1. The predicted molar refractivity (Wildman–Crippen MR) is 106 cm³/mol. The molecule has 0 aliphatic carbocycles. The minimum atomic E-state index is -4.77. The zero-order valence-electron chi connectivity index (χ0n) is 16.5. The van der Waals surface area contributed by atoms with E-state index in [0.717, 1.165) is 0 Å². The second-order valence-corrected chi connectivity index (χ2v) is 7.11. The van der Waals surface area contributed by atoms with Gasteiger partial charge in [0, 0.05) is 30.6 Å². The van der Waals surface area contributed by atoms with Crippen LogP contribution in [0.2, 0.25) is 0 Å². The Morgan fingerprint density at radius 2 is 1.97 bits per heavy atom. The van der Waals surface area contributed by atoms with E-state index in [1.807, 2.05) is 0 Å². The van der Waals surface area contributed by atoms with Crippen molar-refractivity contribution in [3.05, 3.63) is 59.9 Å². The number of aromatic nitrogens is 3. The van der Waals surface area contributed by atoms with Gasteiger partial charge in [0.15, 0.2) is 5.65 Å². The summed E-state index contributed by atoms with van der Waals surface area (Å²) in [5, 5.41) is 15.1. The molecule has 0 saturated carbocycles. The number of rotatable bonds is 5. The standard InChI is InChI=1S/C21H19F3N4O3/c1-2-3-17(30)27-10-14(11-27)19-18-13(12-29)8-9-25-20(18)28(26-19)15-4-6-16(7-5-15)31-21(22,23)24/h2-9,14,29H,10-12H2,1H3/b3-2+. The number of pyridine rings is 1. The maximum Gasteiger partial charge on any atom is 0.573 e. The summed E-state index contributed by atoms with van der Waals surface area (Å²) in [7, 11) is 0. The van der Waals surface area contributed by atoms with Crippen molar-refractivity contribution < 1.29 is 27.8 Å². The first-order valence-electron chi connectivity index (χ1n) is 9.56. The first-order chi connectivity index (χ1) is 14.8. The highest BCUT2D eigenvalue weighted by Crippen LogP contribution is 2.34. The summed E-state index contributed by atoms with van der Waals surface area (Å²) in [6.07, 6.45) is -0.0529. The lowest BCUT2D eigenvalue weighted by Crippen LogP contribution is -2.48. The van der Waals surface area contributed by atoms with Crippen molar-refractivity contribution in [3.63, 3.8) is 0 Å². The topological polar surface area (TPSA) is 80.5 Å². The molecule has 0 radical (unpaired) electrons. The molecule has 7 nitrogen and oxygen atoms in total. The number of halogens is 3. The van der Waals surface area contributed by atoms with Crippen molar-refractivity contribution in [3.8, 4) is 11.4 Å². The van der Waals surface area contributed by atoms with Gasteiger partial charge in [-0.15, -0.1) is 13.2 Å². The number of aliphatic hydroxyl groups is 1. The zero-order valence-corrected chi connectivity index (χ0v) is 16.5. The van der Waals surface area contributed by atoms with Gasteiger partial charge in [-0.25, -0.2) is 9.67 Å². The van der Waals surface area contributed by atoms with Crippen molar-refractivity contribution in [1.29, 1.82) is 0 Å². The van der Waals surface area contributed by atoms with E-state index in [0.29, 0.717) is 41.1 Å². The van der Waals surface area contributed by atoms with Crippen LogP contribution in [0.25, 0.3) is 16.7 Å². The maximum atomic E-state index is 12.4. The van der Waals surface area contributed by atoms with Gasteiger partial charge >= 0.3 is 6.36 Å². The Balaban J connectivity index is 1.70. The summed E-state index contributed by atoms with van der Waals surface area (Å²) in [5.41, 5.74) is 2.30. The molecule has 3 heterocycles. The van der Waals surface area contributed by atoms with Crippen molar-refractivity contribution in [2.75, 3.05) is 13.1 Å². The normalized spacial score (nSPS) is 14.9. The molecule has 1 aliphatic rings. The van der Waals surface area contributed by atoms with Crippen LogP contribution in [0.3, 0.4) is 0 Å². The van der Waals surface area contributed by atoms with Crippen LogP contribution in [-0.4, -0.2) is 50.1 Å². The molecule has 1 saturated heterocycles. The maximum absolute atomic E-state index is 12.4. The lowest BCUT2D eigenvalue weighted by Gasteiger charge is -2.38. The molecular weight excluding hydrogens is 413 g/mol. The average molecular weight is 432 g/mol. The molecule has 31 heavy (non-hydrogen) atoms. The number of amides is 1. The van der Waals surface area contributed by atoms with E-state index < -0.39 is 6.36 Å². The van der Waals surface area contributed by atoms with Crippen LogP contribution in [0.4, 0.5) is 13.2 Å². The van der Waals surface area contributed by atoms with Crippen LogP contribution in [-0.2, 0) is 11.4 Å². The molecule has 2 aromatic heterocycles. The van der Waals surface area contributed by atoms with Crippen molar-refractivity contribution in [2.24, 2.45) is 0 Å². The van der Waals surface area contributed by atoms with Gasteiger partial charge in [-0.3, -0.25) is 4.79 Å². The Kier molecular flexibility index (Phi) is 5.40. The molecule has 3 aromatic rings. The van der Waals surface area contributed by atoms with Gasteiger partial charge < -0.3 is 14.7 Å². The number of fused-ring (bicyclic) bond motifs is 1. The molecule has 1 amide bonds. The summed E-state index contributed by atoms with van der Waals surface area (Å²) >= 11 is 0. The molecule has 162 valence electrons. The molecule has 0 unspecified atom stereocenters. The average Bonchev–Trinajstić information content (AvgIpc) is 3.06. The summed E-state index contributed by atoms with van der Waals surface area (Å²) in [4.78, 5) is 18.1. The van der Waals surface area contributed by atoms with Crippen molar-refractivity contribution >= 4 is 16.9 Å². The lowest BCUT2D eigenvalue weighted by molar-refractivity contribution is -0.274. The second kappa shape index (κ2) is 8.03. The molecular formula is C21H19F3N4O3. The van der Waals surface area contributed by atoms with Crippen LogP contribution >= 0.6 is 0 Å². The monoisotopic (exact) mass is 432 g/mol. The Hall–Kier alpha value is -3.40. The fourth-order valence-corrected chi connectivity index (χ4v) is 3.60. The van der Waals surface area contributed by atoms with Crippen molar-refractivity contribution in [2.45, 2.75) is 25.8 Å². The third kappa shape index (κ3) is 4.11. The lowest BCUT2D eigenvalue weighted by atomic mass is 9.93. The fourth-order valence-electron chi connectivity index (χ4n) is 3.60. The van der Waals surface area contributed by atoms with E-state index in [1.165, 1.54) is 35.0 Å². The van der Waals surface area contributed by atoms with Gasteiger partial charge in [0.25, 0.3) is 0 Å². The molecule has 4 rings (SSSR count). The highest BCUT2D eigenvalue weighted by molar-refractivity contribution is 5.89. The van der Waals surface area contributed by atoms with E-state index in [1.54, 1.807) is 30.2 Å². The molecule has 0 bridgehead atoms. The van der Waals surface area contributed by atoms with Crippen LogP contribution in [0.5, 0.6) is 5.75 Å². The van der Waals surface area contributed by atoms with Gasteiger partial charge in [-0.05, 0) is 48.9 Å². The predicted octanol–water partition coefficient (Wildman–Crippen LogP) is 3.31. The molecule has 0 atom stereocenters. The largest absolute Gasteiger partial charge is 0.573 e. The van der Waals surface area contributed by atoms with Crippen molar-refractivity contribution in [1.82, 2.24) is 19.7 Å². The number of hydrogen-bond donors (Lipinski definition) is 1. The third-order valence-corrected chi connectivity index (χ3v) is 5.06. The Morgan fingerprint density at radius 3 is 2.58 bits per heavy atom. The minimum Gasteiger partial charge on any atom is -0.406 e. The smallest absolute Gasteiger partial charge is 0.406 e. The minimum absolute atomic E-state index is 0.0414. The molecule has 1 N–H and O–H groups in total. The van der Waals surface area contributed by atoms with Gasteiger partial charge in [-0.2, -0.15) is 5.10 Å². The highest BCUT2D eigenvalue weighted by atomic mass is 19.4.